The number of hydrogen-bond acceptors (Lipinski definition) is 7. The third-order valence-electron chi connectivity index (χ3n) is 5.34. The van der Waals surface area contributed by atoms with Crippen molar-refractivity contribution in [3.63, 3.8) is 0 Å². The molecule has 1 N–H and O–H groups in total. The number of nitrogens with one attached hydrogen (secondary N) is 1. The second-order valence-electron chi connectivity index (χ2n) is 7.41. The van der Waals surface area contributed by atoms with Crippen LogP contribution in [0.3, 0.4) is 0 Å². The second-order valence-corrected chi connectivity index (χ2v) is 8.31. The van der Waals surface area contributed by atoms with Gasteiger partial charge in [0.25, 0.3) is 0 Å². The third-order valence-corrected chi connectivity index (χ3v) is 6.13. The van der Waals surface area contributed by atoms with Crippen molar-refractivity contribution >= 4 is 23.1 Å². The molecule has 4 heterocycles. The molecule has 0 aromatic carbocycles. The van der Waals surface area contributed by atoms with Crippen molar-refractivity contribution in [3.8, 4) is 22.3 Å². The van der Waals surface area contributed by atoms with E-state index in [1.165, 1.54) is 11.3 Å². The summed E-state index contributed by atoms with van der Waals surface area (Å²) in [6, 6.07) is 6.37. The highest BCUT2D eigenvalue weighted by atomic mass is 32.1. The molecule has 3 aromatic heterocycles. The number of nitrogens with zero attached hydrogens (tertiary/aromatic N) is 4. The van der Waals surface area contributed by atoms with Crippen molar-refractivity contribution in [3.05, 3.63) is 35.5 Å². The number of aryl methyl sites for hydroxylation is 1. The number of rotatable bonds is 6. The smallest absolute Gasteiger partial charge is 0.239 e. The van der Waals surface area contributed by atoms with Crippen LogP contribution >= 0.6 is 11.3 Å². The number of likely N-dealkylation sites (tertiary alicyclic amines) is 1. The van der Waals surface area contributed by atoms with E-state index >= 15 is 0 Å². The van der Waals surface area contributed by atoms with Crippen molar-refractivity contribution in [1.29, 1.82) is 0 Å². The maximum absolute atomic E-state index is 12.7. The first-order chi connectivity index (χ1) is 14.0. The van der Waals surface area contributed by atoms with Crippen LogP contribution in [0, 0.1) is 0 Å². The Morgan fingerprint density at radius 1 is 1.28 bits per heavy atom. The molecular formula is C21H25N5O2S. The SMILES string of the molecule is CCc1ccc(-c2nc(NC(=O)CN3C(C)CCC3C)cc(-c3nccs3)n2)o1. The Morgan fingerprint density at radius 2 is 2.07 bits per heavy atom. The maximum atomic E-state index is 12.7. The summed E-state index contributed by atoms with van der Waals surface area (Å²) in [4.78, 5) is 28.4. The molecule has 1 aliphatic heterocycles. The molecule has 2 atom stereocenters. The fourth-order valence-corrected chi connectivity index (χ4v) is 4.28. The van der Waals surface area contributed by atoms with Crippen LogP contribution in [0.5, 0.6) is 0 Å². The zero-order valence-electron chi connectivity index (χ0n) is 16.9. The first kappa shape index (κ1) is 19.7. The second kappa shape index (κ2) is 8.42. The maximum Gasteiger partial charge on any atom is 0.239 e. The molecule has 0 bridgehead atoms. The number of carbonyl (C=O) groups excluding carboxylic acids is 1. The number of aromatic nitrogens is 3. The Kier molecular flexibility index (Phi) is 5.73. The summed E-state index contributed by atoms with van der Waals surface area (Å²) in [7, 11) is 0. The summed E-state index contributed by atoms with van der Waals surface area (Å²) >= 11 is 1.49. The first-order valence-electron chi connectivity index (χ1n) is 9.97. The minimum atomic E-state index is -0.0750. The predicted molar refractivity (Wildman–Crippen MR) is 114 cm³/mol. The zero-order valence-corrected chi connectivity index (χ0v) is 17.7. The van der Waals surface area contributed by atoms with Crippen LogP contribution < -0.4 is 5.32 Å². The fourth-order valence-electron chi connectivity index (χ4n) is 3.68. The van der Waals surface area contributed by atoms with Crippen molar-refractivity contribution in [2.75, 3.05) is 11.9 Å². The van der Waals surface area contributed by atoms with E-state index in [0.29, 0.717) is 41.7 Å². The minimum absolute atomic E-state index is 0.0750. The molecule has 1 saturated heterocycles. The quantitative estimate of drug-likeness (QED) is 0.653. The molecule has 0 aliphatic carbocycles. The van der Waals surface area contributed by atoms with E-state index in [1.54, 1.807) is 12.3 Å². The summed E-state index contributed by atoms with van der Waals surface area (Å²) in [6.07, 6.45) is 4.78. The van der Waals surface area contributed by atoms with E-state index in [2.05, 4.69) is 39.0 Å². The number of furan rings is 1. The van der Waals surface area contributed by atoms with Gasteiger partial charge in [0.1, 0.15) is 22.3 Å². The van der Waals surface area contributed by atoms with Gasteiger partial charge in [-0.15, -0.1) is 11.3 Å². The van der Waals surface area contributed by atoms with Crippen molar-refractivity contribution < 1.29 is 9.21 Å². The summed E-state index contributed by atoms with van der Waals surface area (Å²) in [5, 5.41) is 5.61. The zero-order chi connectivity index (χ0) is 20.4. The third kappa shape index (κ3) is 4.38. The molecule has 3 aromatic rings. The molecule has 1 fully saturated rings. The molecule has 152 valence electrons. The minimum Gasteiger partial charge on any atom is -0.458 e. The summed E-state index contributed by atoms with van der Waals surface area (Å²) in [5.74, 6) is 2.27. The number of anilines is 1. The lowest BCUT2D eigenvalue weighted by Gasteiger charge is -2.24. The summed E-state index contributed by atoms with van der Waals surface area (Å²) < 4.78 is 5.82. The predicted octanol–water partition coefficient (Wildman–Crippen LogP) is 4.23. The van der Waals surface area contributed by atoms with E-state index in [1.807, 2.05) is 24.4 Å². The van der Waals surface area contributed by atoms with Gasteiger partial charge < -0.3 is 9.73 Å². The van der Waals surface area contributed by atoms with E-state index in [9.17, 15) is 4.79 Å². The number of amides is 1. The Morgan fingerprint density at radius 3 is 2.72 bits per heavy atom. The van der Waals surface area contributed by atoms with E-state index in [-0.39, 0.29) is 5.91 Å². The normalized spacial score (nSPS) is 19.6. The molecule has 1 amide bonds. The van der Waals surface area contributed by atoms with E-state index in [0.717, 1.165) is 30.0 Å². The molecule has 0 spiro atoms. The van der Waals surface area contributed by atoms with Crippen LogP contribution in [0.1, 0.15) is 39.4 Å². The monoisotopic (exact) mass is 411 g/mol. The van der Waals surface area contributed by atoms with Gasteiger partial charge in [-0.05, 0) is 38.8 Å². The molecule has 29 heavy (non-hydrogen) atoms. The highest BCUT2D eigenvalue weighted by Gasteiger charge is 2.28. The molecular weight excluding hydrogens is 386 g/mol. The number of carbonyl (C=O) groups is 1. The Balaban J connectivity index is 1.60. The van der Waals surface area contributed by atoms with Crippen LogP contribution in [0.25, 0.3) is 22.3 Å². The van der Waals surface area contributed by atoms with Crippen molar-refractivity contribution in [2.24, 2.45) is 0 Å². The Hall–Kier alpha value is -2.58. The Bertz CT molecular complexity index is 975. The van der Waals surface area contributed by atoms with Crippen LogP contribution in [0.4, 0.5) is 5.82 Å². The molecule has 4 rings (SSSR count). The van der Waals surface area contributed by atoms with E-state index < -0.39 is 0 Å². The highest BCUT2D eigenvalue weighted by Crippen LogP contribution is 2.27. The first-order valence-corrected chi connectivity index (χ1v) is 10.8. The van der Waals surface area contributed by atoms with Gasteiger partial charge in [-0.3, -0.25) is 9.69 Å². The lowest BCUT2D eigenvalue weighted by atomic mass is 10.2. The van der Waals surface area contributed by atoms with Gasteiger partial charge in [-0.25, -0.2) is 15.0 Å². The average Bonchev–Trinajstić information content (AvgIpc) is 3.46. The van der Waals surface area contributed by atoms with Crippen LogP contribution in [0.15, 0.2) is 34.2 Å². The average molecular weight is 412 g/mol. The van der Waals surface area contributed by atoms with Gasteiger partial charge in [-0.2, -0.15) is 0 Å². The molecule has 0 saturated carbocycles. The Labute approximate surface area is 174 Å². The topological polar surface area (TPSA) is 84.2 Å². The van der Waals surface area contributed by atoms with Gasteiger partial charge in [0.2, 0.25) is 5.91 Å². The fraction of sp³-hybridized carbons (Fsp3) is 0.429. The van der Waals surface area contributed by atoms with E-state index in [4.69, 9.17) is 4.42 Å². The van der Waals surface area contributed by atoms with Gasteiger partial charge >= 0.3 is 0 Å². The lowest BCUT2D eigenvalue weighted by molar-refractivity contribution is -0.117. The molecule has 2 unspecified atom stereocenters. The van der Waals surface area contributed by atoms with Crippen molar-refractivity contribution in [2.45, 2.75) is 52.1 Å². The van der Waals surface area contributed by atoms with Gasteiger partial charge in [0.15, 0.2) is 11.6 Å². The van der Waals surface area contributed by atoms with Gasteiger partial charge in [0.05, 0.1) is 6.54 Å². The molecule has 8 heteroatoms. The number of thiazole rings is 1. The van der Waals surface area contributed by atoms with Crippen LogP contribution in [0.2, 0.25) is 0 Å². The number of hydrogen-bond donors (Lipinski definition) is 1. The lowest BCUT2D eigenvalue weighted by Crippen LogP contribution is -2.39. The van der Waals surface area contributed by atoms with Gasteiger partial charge in [-0.1, -0.05) is 6.92 Å². The molecule has 7 nitrogen and oxygen atoms in total. The standard InChI is InChI=1S/C21H25N5O2S/c1-4-15-7-8-17(28-15)20-23-16(21-22-9-10-29-21)11-18(25-20)24-19(27)12-26-13(2)5-6-14(26)3/h7-11,13-14H,4-6,12H2,1-3H3,(H,23,24,25,27). The van der Waals surface area contributed by atoms with Gasteiger partial charge in [0, 0.05) is 36.1 Å². The van der Waals surface area contributed by atoms with Crippen LogP contribution in [-0.2, 0) is 11.2 Å². The van der Waals surface area contributed by atoms with Crippen LogP contribution in [-0.4, -0.2) is 44.4 Å². The molecule has 1 aliphatic rings. The van der Waals surface area contributed by atoms with Crippen molar-refractivity contribution in [1.82, 2.24) is 19.9 Å². The summed E-state index contributed by atoms with van der Waals surface area (Å²) in [5.41, 5.74) is 0.664. The molecule has 0 radical (unpaired) electrons. The highest BCUT2D eigenvalue weighted by molar-refractivity contribution is 7.13. The summed E-state index contributed by atoms with van der Waals surface area (Å²) in [6.45, 7) is 6.72. The largest absolute Gasteiger partial charge is 0.458 e.